The van der Waals surface area contributed by atoms with Gasteiger partial charge in [-0.2, -0.15) is 0 Å². The second-order valence-electron chi connectivity index (χ2n) is 5.35. The molecule has 0 amide bonds. The third-order valence-electron chi connectivity index (χ3n) is 4.06. The second-order valence-corrected chi connectivity index (χ2v) is 6.82. The van der Waals surface area contributed by atoms with Gasteiger partial charge in [0.05, 0.1) is 0 Å². The van der Waals surface area contributed by atoms with Crippen LogP contribution >= 0.6 is 22.9 Å². The number of nitrogens with zero attached hydrogens (tertiary/aromatic N) is 2. The Morgan fingerprint density at radius 1 is 1.20 bits per heavy atom. The van der Waals surface area contributed by atoms with E-state index in [2.05, 4.69) is 37.9 Å². The van der Waals surface area contributed by atoms with E-state index in [9.17, 15) is 0 Å². The molecule has 1 aromatic heterocycles. The first kappa shape index (κ1) is 11.3. The molecule has 0 saturated heterocycles. The first-order valence-electron chi connectivity index (χ1n) is 5.29. The summed E-state index contributed by atoms with van der Waals surface area (Å²) in [6.07, 6.45) is 0.840. The number of halogens is 1. The van der Waals surface area contributed by atoms with Crippen LogP contribution in [0.5, 0.6) is 0 Å². The Bertz CT molecular complexity index is 356. The van der Waals surface area contributed by atoms with Crippen LogP contribution in [0.2, 0.25) is 0 Å². The Kier molecular flexibility index (Phi) is 2.59. The summed E-state index contributed by atoms with van der Waals surface area (Å²) in [4.78, 5) is 0. The van der Waals surface area contributed by atoms with Crippen LogP contribution in [-0.4, -0.2) is 16.1 Å². The molecular weight excluding hydrogens is 228 g/mol. The molecule has 84 valence electrons. The van der Waals surface area contributed by atoms with Crippen molar-refractivity contribution in [2.45, 2.75) is 40.0 Å². The summed E-state index contributed by atoms with van der Waals surface area (Å²) in [6.45, 7) is 9.22. The maximum absolute atomic E-state index is 5.69. The number of aryl methyl sites for hydroxylation is 1. The molecule has 4 heteroatoms. The summed E-state index contributed by atoms with van der Waals surface area (Å²) >= 11 is 7.42. The smallest absolute Gasteiger partial charge is 0.121 e. The molecule has 0 N–H and O–H groups in total. The highest BCUT2D eigenvalue weighted by Crippen LogP contribution is 2.73. The van der Waals surface area contributed by atoms with Gasteiger partial charge in [0.15, 0.2) is 0 Å². The van der Waals surface area contributed by atoms with Crippen LogP contribution in [0.15, 0.2) is 0 Å². The summed E-state index contributed by atoms with van der Waals surface area (Å²) in [5.74, 6) is 1.19. The molecular formula is C11H17ClN2S. The molecule has 0 spiro atoms. The highest BCUT2D eigenvalue weighted by Gasteiger charge is 2.66. The molecule has 0 unspecified atom stereocenters. The number of alkyl halides is 1. The van der Waals surface area contributed by atoms with Crippen LogP contribution in [0.25, 0.3) is 0 Å². The normalized spacial score (nSPS) is 23.0. The van der Waals surface area contributed by atoms with Crippen molar-refractivity contribution in [1.82, 2.24) is 10.2 Å². The van der Waals surface area contributed by atoms with Crippen molar-refractivity contribution < 1.29 is 0 Å². The van der Waals surface area contributed by atoms with E-state index in [-0.39, 0.29) is 0 Å². The Morgan fingerprint density at radius 3 is 2.27 bits per heavy atom. The highest BCUT2D eigenvalue weighted by atomic mass is 35.5. The van der Waals surface area contributed by atoms with Crippen LogP contribution in [0.4, 0.5) is 0 Å². The Labute approximate surface area is 100 Å². The topological polar surface area (TPSA) is 25.8 Å². The fraction of sp³-hybridized carbons (Fsp3) is 0.818. The van der Waals surface area contributed by atoms with Gasteiger partial charge in [0.2, 0.25) is 0 Å². The lowest BCUT2D eigenvalue weighted by molar-refractivity contribution is 0.457. The maximum Gasteiger partial charge on any atom is 0.121 e. The Morgan fingerprint density at radius 2 is 1.80 bits per heavy atom. The first-order chi connectivity index (χ1) is 6.91. The zero-order valence-electron chi connectivity index (χ0n) is 9.67. The molecule has 15 heavy (non-hydrogen) atoms. The zero-order valence-corrected chi connectivity index (χ0v) is 11.2. The lowest BCUT2D eigenvalue weighted by Gasteiger charge is -2.03. The van der Waals surface area contributed by atoms with E-state index >= 15 is 0 Å². The molecule has 0 atom stereocenters. The van der Waals surface area contributed by atoms with Crippen LogP contribution in [0, 0.1) is 10.8 Å². The van der Waals surface area contributed by atoms with Gasteiger partial charge in [0.1, 0.15) is 10.0 Å². The molecule has 2 rings (SSSR count). The highest BCUT2D eigenvalue weighted by molar-refractivity contribution is 7.11. The van der Waals surface area contributed by atoms with Gasteiger partial charge in [0, 0.05) is 18.2 Å². The van der Waals surface area contributed by atoms with Crippen molar-refractivity contribution in [3.8, 4) is 0 Å². The third-order valence-corrected chi connectivity index (χ3v) is 5.30. The first-order valence-corrected chi connectivity index (χ1v) is 6.64. The van der Waals surface area contributed by atoms with E-state index in [4.69, 9.17) is 11.6 Å². The molecule has 0 bridgehead atoms. The fourth-order valence-electron chi connectivity index (χ4n) is 2.38. The van der Waals surface area contributed by atoms with Gasteiger partial charge in [-0.15, -0.1) is 33.1 Å². The maximum atomic E-state index is 5.69. The molecule has 1 heterocycles. The van der Waals surface area contributed by atoms with Gasteiger partial charge >= 0.3 is 0 Å². The average Bonchev–Trinajstić information content (AvgIpc) is 2.51. The zero-order chi connectivity index (χ0) is 11.3. The quantitative estimate of drug-likeness (QED) is 0.761. The van der Waals surface area contributed by atoms with E-state index in [0.717, 1.165) is 11.4 Å². The molecule has 0 aromatic carbocycles. The van der Waals surface area contributed by atoms with E-state index in [0.29, 0.717) is 22.6 Å². The number of aromatic nitrogens is 2. The van der Waals surface area contributed by atoms with Crippen LogP contribution in [-0.2, 0) is 6.42 Å². The summed E-state index contributed by atoms with van der Waals surface area (Å²) < 4.78 is 0. The Hall–Kier alpha value is -0.150. The second kappa shape index (κ2) is 3.42. The van der Waals surface area contributed by atoms with E-state index in [1.807, 2.05) is 0 Å². The minimum Gasteiger partial charge on any atom is -0.144 e. The summed E-state index contributed by atoms with van der Waals surface area (Å²) in [6, 6.07) is 0. The molecule has 1 aromatic rings. The minimum absolute atomic E-state index is 0.352. The molecule has 1 aliphatic carbocycles. The fourth-order valence-corrected chi connectivity index (χ4v) is 3.99. The van der Waals surface area contributed by atoms with Crippen molar-refractivity contribution in [3.63, 3.8) is 0 Å². The summed E-state index contributed by atoms with van der Waals surface area (Å²) in [7, 11) is 0. The predicted molar refractivity (Wildman–Crippen MR) is 64.6 cm³/mol. The van der Waals surface area contributed by atoms with Gasteiger partial charge < -0.3 is 0 Å². The number of rotatable bonds is 3. The van der Waals surface area contributed by atoms with Crippen LogP contribution in [0.3, 0.4) is 0 Å². The number of hydrogen-bond donors (Lipinski definition) is 0. The monoisotopic (exact) mass is 244 g/mol. The van der Waals surface area contributed by atoms with Gasteiger partial charge in [-0.25, -0.2) is 0 Å². The van der Waals surface area contributed by atoms with Crippen molar-refractivity contribution in [1.29, 1.82) is 0 Å². The largest absolute Gasteiger partial charge is 0.144 e. The molecule has 1 aliphatic rings. The van der Waals surface area contributed by atoms with Gasteiger partial charge in [0.25, 0.3) is 0 Å². The van der Waals surface area contributed by atoms with Crippen molar-refractivity contribution >= 4 is 22.9 Å². The molecule has 0 aliphatic heterocycles. The molecule has 1 saturated carbocycles. The molecule has 1 fully saturated rings. The average molecular weight is 245 g/mol. The third kappa shape index (κ3) is 1.60. The predicted octanol–water partition coefficient (Wildman–Crippen LogP) is 3.47. The molecule has 0 radical (unpaired) electrons. The van der Waals surface area contributed by atoms with E-state index in [1.54, 1.807) is 11.3 Å². The number of hydrogen-bond acceptors (Lipinski definition) is 3. The van der Waals surface area contributed by atoms with Gasteiger partial charge in [-0.1, -0.05) is 27.7 Å². The van der Waals surface area contributed by atoms with Crippen LogP contribution in [0.1, 0.15) is 43.6 Å². The van der Waals surface area contributed by atoms with Gasteiger partial charge in [-0.05, 0) is 10.8 Å². The van der Waals surface area contributed by atoms with E-state index < -0.39 is 0 Å². The summed E-state index contributed by atoms with van der Waals surface area (Å²) in [5.41, 5.74) is 0.704. The SMILES string of the molecule is CC1(C)C(c2nnc(CCCl)s2)C1(C)C. The van der Waals surface area contributed by atoms with Gasteiger partial charge in [-0.3, -0.25) is 0 Å². The molecule has 2 nitrogen and oxygen atoms in total. The lowest BCUT2D eigenvalue weighted by atomic mass is 10.0. The standard InChI is InChI=1S/C11H17ClN2S/c1-10(2)8(11(10,3)4)9-14-13-7(15-9)5-6-12/h8H,5-6H2,1-4H3. The summed E-state index contributed by atoms with van der Waals surface area (Å²) in [5, 5.41) is 10.7. The van der Waals surface area contributed by atoms with Crippen molar-refractivity contribution in [2.24, 2.45) is 10.8 Å². The van der Waals surface area contributed by atoms with Crippen molar-refractivity contribution in [2.75, 3.05) is 5.88 Å². The minimum atomic E-state index is 0.352. The lowest BCUT2D eigenvalue weighted by Crippen LogP contribution is -1.95. The van der Waals surface area contributed by atoms with E-state index in [1.165, 1.54) is 5.01 Å². The Balaban J connectivity index is 2.19. The van der Waals surface area contributed by atoms with Crippen LogP contribution < -0.4 is 0 Å². The van der Waals surface area contributed by atoms with Crippen molar-refractivity contribution in [3.05, 3.63) is 10.0 Å².